The van der Waals surface area contributed by atoms with Gasteiger partial charge < -0.3 is 0 Å². The third-order valence-electron chi connectivity index (χ3n) is 14.3. The summed E-state index contributed by atoms with van der Waals surface area (Å²) in [5.74, 6) is 0. The summed E-state index contributed by atoms with van der Waals surface area (Å²) in [5, 5.41) is 18.9. The molecule has 0 bridgehead atoms. The maximum Gasteiger partial charge on any atom is -0.000741 e. The highest BCUT2D eigenvalue weighted by atomic mass is 14.3. The maximum atomic E-state index is 2.51. The van der Waals surface area contributed by atoms with Crippen LogP contribution in [0.5, 0.6) is 0 Å². The first kappa shape index (κ1) is 54.3. The Hall–Kier alpha value is -7.02. The highest BCUT2D eigenvalue weighted by Gasteiger charge is 2.27. The first-order valence-corrected chi connectivity index (χ1v) is 26.6. The average Bonchev–Trinajstić information content (AvgIpc) is 3.90. The summed E-state index contributed by atoms with van der Waals surface area (Å²) in [4.78, 5) is 0. The maximum absolute atomic E-state index is 2.51. The third-order valence-corrected chi connectivity index (χ3v) is 14.3. The van der Waals surface area contributed by atoms with Crippen LogP contribution in [-0.4, -0.2) is 0 Å². The number of rotatable bonds is 2. The Labute approximate surface area is 433 Å². The van der Waals surface area contributed by atoms with Gasteiger partial charge in [-0.1, -0.05) is 276 Å². The van der Waals surface area contributed by atoms with E-state index in [2.05, 4.69) is 227 Å². The van der Waals surface area contributed by atoms with E-state index in [9.17, 15) is 0 Å². The van der Waals surface area contributed by atoms with Crippen LogP contribution in [0, 0.1) is 38.5 Å². The molecule has 0 unspecified atom stereocenters. The summed E-state index contributed by atoms with van der Waals surface area (Å²) >= 11 is 0. The smallest absolute Gasteiger partial charge is 0.000741 e. The normalized spacial score (nSPS) is 11.1. The molecule has 0 aromatic heterocycles. The van der Waals surface area contributed by atoms with Gasteiger partial charge in [-0.15, -0.1) is 0 Å². The molecule has 12 aromatic rings. The highest BCUT2D eigenvalue weighted by Crippen LogP contribution is 2.53. The van der Waals surface area contributed by atoms with E-state index >= 15 is 0 Å². The molecule has 0 radical (unpaired) electrons. The zero-order valence-corrected chi connectivity index (χ0v) is 46.5. The molecule has 0 aliphatic rings. The van der Waals surface area contributed by atoms with Gasteiger partial charge in [0.25, 0.3) is 0 Å². The molecule has 0 saturated carbocycles. The summed E-state index contributed by atoms with van der Waals surface area (Å²) < 4.78 is 0. The Morgan fingerprint density at radius 1 is 0.236 bits per heavy atom. The van der Waals surface area contributed by atoms with E-state index in [0.29, 0.717) is 10.8 Å². The molecule has 0 N–H and O–H groups in total. The third kappa shape index (κ3) is 11.0. The van der Waals surface area contributed by atoms with E-state index in [4.69, 9.17) is 0 Å². The van der Waals surface area contributed by atoms with Crippen LogP contribution in [0.3, 0.4) is 0 Å². The molecule has 12 rings (SSSR count). The minimum Gasteiger partial charge on any atom is -0.0683 e. The van der Waals surface area contributed by atoms with Gasteiger partial charge in [-0.3, -0.25) is 0 Å². The van der Waals surface area contributed by atoms with Gasteiger partial charge in [0, 0.05) is 0 Å². The van der Waals surface area contributed by atoms with E-state index in [-0.39, 0.29) is 0 Å². The molecule has 368 valence electrons. The molecule has 12 aromatic carbocycles. The summed E-state index contributed by atoms with van der Waals surface area (Å²) in [6, 6.07) is 70.7. The van der Waals surface area contributed by atoms with Gasteiger partial charge >= 0.3 is 0 Å². The summed E-state index contributed by atoms with van der Waals surface area (Å²) in [6.45, 7) is 34.3. The molecule has 0 spiro atoms. The molecule has 0 saturated heterocycles. The standard InChI is InChI=1S/C44H28.C8H18.2C7H8.3C2H6/c1-25-19-21-32-36-24-38-37(23-35(36)31-17-9-15-29(25)41(31)32)39(27-11-5-3-6-12-27)43-33-18-10-16-30-26(2)20-22-34(42(30)33)44(43)40(38)28-13-7-4-8-14-28;1-7(2,3)8(4,5)6;2*1-7-5-3-2-4-6-7;3*1-2/h3-24H,1-2H3;1-6H3;2*2-6H,1H3;3*1-2H3. The first-order chi connectivity index (χ1) is 34.7. The van der Waals surface area contributed by atoms with Crippen LogP contribution in [-0.2, 0) is 0 Å². The number of hydrogen-bond donors (Lipinski definition) is 0. The van der Waals surface area contributed by atoms with Crippen molar-refractivity contribution in [3.63, 3.8) is 0 Å². The van der Waals surface area contributed by atoms with E-state index < -0.39 is 0 Å². The largest absolute Gasteiger partial charge is 0.0683 e. The van der Waals surface area contributed by atoms with Crippen LogP contribution in [0.4, 0.5) is 0 Å². The summed E-state index contributed by atoms with van der Waals surface area (Å²) in [6.07, 6.45) is 0. The topological polar surface area (TPSA) is 0 Å². The van der Waals surface area contributed by atoms with Crippen molar-refractivity contribution >= 4 is 75.4 Å². The van der Waals surface area contributed by atoms with Crippen LogP contribution in [0.1, 0.15) is 105 Å². The van der Waals surface area contributed by atoms with Crippen molar-refractivity contribution in [3.05, 3.63) is 216 Å². The molecule has 0 aliphatic carbocycles. The monoisotopic (exact) mass is 945 g/mol. The Bertz CT molecular complexity index is 3420. The van der Waals surface area contributed by atoms with Crippen molar-refractivity contribution in [2.45, 2.75) is 111 Å². The quantitative estimate of drug-likeness (QED) is 0.162. The second kappa shape index (κ2) is 23.9. The Morgan fingerprint density at radius 2 is 0.528 bits per heavy atom. The van der Waals surface area contributed by atoms with Gasteiger partial charge in [-0.2, -0.15) is 0 Å². The molecule has 0 atom stereocenters. The van der Waals surface area contributed by atoms with Crippen LogP contribution in [0.2, 0.25) is 0 Å². The molecule has 0 heteroatoms. The Balaban J connectivity index is 0.000000249. The number of aryl methyl sites for hydroxylation is 4. The molecule has 0 aliphatic heterocycles. The van der Waals surface area contributed by atoms with Crippen molar-refractivity contribution in [2.75, 3.05) is 0 Å². The van der Waals surface area contributed by atoms with E-state index in [1.807, 2.05) is 77.9 Å². The van der Waals surface area contributed by atoms with E-state index in [1.165, 1.54) is 120 Å². The second-order valence-electron chi connectivity index (χ2n) is 20.3. The minimum absolute atomic E-state index is 0.437. The fourth-order valence-electron chi connectivity index (χ4n) is 9.37. The summed E-state index contributed by atoms with van der Waals surface area (Å²) in [7, 11) is 0. The molecular weight excluding hydrogens is 865 g/mol. The van der Waals surface area contributed by atoms with E-state index in [1.54, 1.807) is 0 Å². The van der Waals surface area contributed by atoms with Gasteiger partial charge in [-0.25, -0.2) is 0 Å². The molecule has 0 amide bonds. The van der Waals surface area contributed by atoms with Crippen LogP contribution in [0.25, 0.3) is 97.7 Å². The van der Waals surface area contributed by atoms with Gasteiger partial charge in [0.1, 0.15) is 0 Å². The van der Waals surface area contributed by atoms with Crippen molar-refractivity contribution in [1.82, 2.24) is 0 Å². The van der Waals surface area contributed by atoms with Gasteiger partial charge in [0.15, 0.2) is 0 Å². The lowest BCUT2D eigenvalue weighted by Gasteiger charge is -2.34. The van der Waals surface area contributed by atoms with Crippen molar-refractivity contribution in [3.8, 4) is 22.3 Å². The van der Waals surface area contributed by atoms with Crippen molar-refractivity contribution in [2.24, 2.45) is 10.8 Å². The molecule has 0 heterocycles. The first-order valence-electron chi connectivity index (χ1n) is 26.6. The van der Waals surface area contributed by atoms with Gasteiger partial charge in [-0.05, 0) is 159 Å². The number of hydrogen-bond acceptors (Lipinski definition) is 0. The van der Waals surface area contributed by atoms with Crippen LogP contribution >= 0.6 is 0 Å². The fourth-order valence-corrected chi connectivity index (χ4v) is 9.37. The molecule has 72 heavy (non-hydrogen) atoms. The highest BCUT2D eigenvalue weighted by molar-refractivity contribution is 6.42. The molecule has 0 nitrogen and oxygen atoms in total. The minimum atomic E-state index is 0.437. The van der Waals surface area contributed by atoms with Crippen molar-refractivity contribution in [1.29, 1.82) is 0 Å². The van der Waals surface area contributed by atoms with Crippen LogP contribution < -0.4 is 0 Å². The average molecular weight is 945 g/mol. The SMILES string of the molecule is CC.CC.CC.CC(C)(C)C(C)(C)C.Cc1ccc2c3cc4c(-c5ccccc5)c5c6ccc(C)c7cccc(c5c(-c5ccccc5)c4cc3c3cccc1c32)c76.Cc1ccccc1.Cc1ccccc1. The lowest BCUT2D eigenvalue weighted by atomic mass is 9.71. The lowest BCUT2D eigenvalue weighted by molar-refractivity contribution is 0.157. The predicted octanol–water partition coefficient (Wildman–Crippen LogP) is 22.7. The Kier molecular flexibility index (Phi) is 18.1. The summed E-state index contributed by atoms with van der Waals surface area (Å²) in [5.41, 5.74) is 11.4. The molecule has 0 fully saturated rings. The predicted molar refractivity (Wildman–Crippen MR) is 327 cm³/mol. The number of benzene rings is 10. The van der Waals surface area contributed by atoms with Crippen molar-refractivity contribution < 1.29 is 0 Å². The van der Waals surface area contributed by atoms with Gasteiger partial charge in [0.2, 0.25) is 0 Å². The molecular formula is C72H80. The zero-order chi connectivity index (χ0) is 52.3. The zero-order valence-electron chi connectivity index (χ0n) is 46.5. The second-order valence-corrected chi connectivity index (χ2v) is 20.3. The number of fused-ring (bicyclic) bond motifs is 7. The lowest BCUT2D eigenvalue weighted by Crippen LogP contribution is -2.25. The van der Waals surface area contributed by atoms with E-state index in [0.717, 1.165) is 0 Å². The fraction of sp³-hybridized carbons (Fsp3) is 0.250. The van der Waals surface area contributed by atoms with Gasteiger partial charge in [0.05, 0.1) is 0 Å². The van der Waals surface area contributed by atoms with Crippen LogP contribution in [0.15, 0.2) is 194 Å². The Morgan fingerprint density at radius 3 is 0.875 bits per heavy atom.